The van der Waals surface area contributed by atoms with Crippen LogP contribution in [0, 0.1) is 0 Å². The lowest BCUT2D eigenvalue weighted by Crippen LogP contribution is -2.57. The molecule has 2 aromatic rings. The van der Waals surface area contributed by atoms with Gasteiger partial charge in [0, 0.05) is 42.1 Å². The first kappa shape index (κ1) is 19.7. The van der Waals surface area contributed by atoms with Gasteiger partial charge in [0.1, 0.15) is 5.82 Å². The number of alkyl halides is 3. The van der Waals surface area contributed by atoms with E-state index < -0.39 is 17.7 Å². The third-order valence-electron chi connectivity index (χ3n) is 4.88. The van der Waals surface area contributed by atoms with E-state index in [9.17, 15) is 23.1 Å². The van der Waals surface area contributed by atoms with Crippen molar-refractivity contribution in [2.24, 2.45) is 0 Å². The Morgan fingerprint density at radius 3 is 2.37 bits per heavy atom. The minimum atomic E-state index is -5.01. The van der Waals surface area contributed by atoms with Gasteiger partial charge in [-0.05, 0) is 44.0 Å². The summed E-state index contributed by atoms with van der Waals surface area (Å²) in [5, 5.41) is 10.2. The van der Waals surface area contributed by atoms with Crippen LogP contribution in [0.25, 0.3) is 11.4 Å². The number of aliphatic hydroxyl groups is 1. The number of likely N-dealkylation sites (tertiary alicyclic amines) is 1. The molecule has 1 atom stereocenters. The van der Waals surface area contributed by atoms with Crippen molar-refractivity contribution in [3.05, 3.63) is 41.7 Å². The van der Waals surface area contributed by atoms with E-state index in [4.69, 9.17) is 11.6 Å². The zero-order chi connectivity index (χ0) is 19.8. The molecule has 1 amide bonds. The number of nitrogens with zero attached hydrogens (tertiary/aromatic N) is 3. The molecule has 1 N–H and O–H groups in total. The summed E-state index contributed by atoms with van der Waals surface area (Å²) in [4.78, 5) is 17.5. The topological polar surface area (TPSA) is 58.4 Å². The van der Waals surface area contributed by atoms with Crippen molar-refractivity contribution in [1.82, 2.24) is 14.5 Å². The first-order valence-electron chi connectivity index (χ1n) is 8.48. The molecule has 1 aromatic heterocycles. The standard InChI is InChI=1S/C18H19ClF3N3O2/c1-17(27,18(20,21)22)16(26)24-9-6-14(7-10-24)25-11-8-23-15(25)12-2-4-13(19)5-3-12/h2-5,8,11,14,27H,6-7,9-10H2,1H3/t17-/m1/s1. The molecule has 27 heavy (non-hydrogen) atoms. The summed E-state index contributed by atoms with van der Waals surface area (Å²) in [5.74, 6) is -0.573. The van der Waals surface area contributed by atoms with Crippen LogP contribution in [-0.2, 0) is 4.79 Å². The van der Waals surface area contributed by atoms with Crippen molar-refractivity contribution < 1.29 is 23.1 Å². The minimum Gasteiger partial charge on any atom is -0.373 e. The molecular formula is C18H19ClF3N3O2. The molecule has 1 saturated heterocycles. The average Bonchev–Trinajstić information content (AvgIpc) is 3.10. The Labute approximate surface area is 159 Å². The molecule has 1 aliphatic heterocycles. The molecule has 146 valence electrons. The molecule has 0 radical (unpaired) electrons. The SMILES string of the molecule is C[C@@](O)(C(=O)N1CCC(n2ccnc2-c2ccc(Cl)cc2)CC1)C(F)(F)F. The number of hydrogen-bond acceptors (Lipinski definition) is 3. The summed E-state index contributed by atoms with van der Waals surface area (Å²) in [6.45, 7) is 0.762. The van der Waals surface area contributed by atoms with E-state index in [0.29, 0.717) is 24.8 Å². The van der Waals surface area contributed by atoms with E-state index in [0.717, 1.165) is 16.3 Å². The van der Waals surface area contributed by atoms with Gasteiger partial charge in [0.15, 0.2) is 0 Å². The van der Waals surface area contributed by atoms with Gasteiger partial charge in [-0.15, -0.1) is 0 Å². The van der Waals surface area contributed by atoms with Crippen molar-refractivity contribution in [1.29, 1.82) is 0 Å². The number of piperidine rings is 1. The van der Waals surface area contributed by atoms with Crippen LogP contribution in [0.2, 0.25) is 5.02 Å². The largest absolute Gasteiger partial charge is 0.426 e. The lowest BCUT2D eigenvalue weighted by Gasteiger charge is -2.37. The van der Waals surface area contributed by atoms with E-state index in [2.05, 4.69) is 4.98 Å². The molecule has 1 aliphatic rings. The van der Waals surface area contributed by atoms with Gasteiger partial charge in [0.05, 0.1) is 0 Å². The summed E-state index contributed by atoms with van der Waals surface area (Å²) in [7, 11) is 0. The summed E-state index contributed by atoms with van der Waals surface area (Å²) >= 11 is 5.91. The zero-order valence-electron chi connectivity index (χ0n) is 14.6. The Balaban J connectivity index is 1.71. The molecule has 0 aliphatic carbocycles. The van der Waals surface area contributed by atoms with Crippen molar-refractivity contribution in [3.8, 4) is 11.4 Å². The van der Waals surface area contributed by atoms with Crippen LogP contribution >= 0.6 is 11.6 Å². The van der Waals surface area contributed by atoms with Crippen molar-refractivity contribution in [2.45, 2.75) is 37.6 Å². The molecule has 2 heterocycles. The highest BCUT2D eigenvalue weighted by Gasteiger charge is 2.57. The van der Waals surface area contributed by atoms with Crippen molar-refractivity contribution >= 4 is 17.5 Å². The number of carbonyl (C=O) groups excluding carboxylic acids is 1. The molecule has 1 aromatic carbocycles. The predicted octanol–water partition coefficient (Wildman–Crippen LogP) is 3.68. The lowest BCUT2D eigenvalue weighted by molar-refractivity contribution is -0.250. The minimum absolute atomic E-state index is 0.00179. The average molecular weight is 402 g/mol. The molecule has 3 rings (SSSR count). The van der Waals surface area contributed by atoms with E-state index >= 15 is 0 Å². The Kier molecular flexibility index (Phi) is 5.22. The molecule has 1 fully saturated rings. The van der Waals surface area contributed by atoms with Gasteiger partial charge in [-0.25, -0.2) is 4.98 Å². The van der Waals surface area contributed by atoms with Crippen LogP contribution in [-0.4, -0.2) is 50.3 Å². The maximum atomic E-state index is 12.9. The summed E-state index contributed by atoms with van der Waals surface area (Å²) < 4.78 is 40.6. The number of aromatic nitrogens is 2. The summed E-state index contributed by atoms with van der Waals surface area (Å²) in [6, 6.07) is 7.21. The number of imidazole rings is 1. The van der Waals surface area contributed by atoms with E-state index in [1.54, 1.807) is 18.3 Å². The zero-order valence-corrected chi connectivity index (χ0v) is 15.3. The Bertz CT molecular complexity index is 810. The number of carbonyl (C=O) groups is 1. The van der Waals surface area contributed by atoms with Crippen molar-refractivity contribution in [3.63, 3.8) is 0 Å². The smallest absolute Gasteiger partial charge is 0.373 e. The van der Waals surface area contributed by atoms with Gasteiger partial charge in [-0.3, -0.25) is 4.79 Å². The molecule has 0 unspecified atom stereocenters. The van der Waals surface area contributed by atoms with Gasteiger partial charge < -0.3 is 14.6 Å². The number of halogens is 4. The summed E-state index contributed by atoms with van der Waals surface area (Å²) in [5.41, 5.74) is -2.49. The second-order valence-corrected chi connectivity index (χ2v) is 7.19. The Hall–Kier alpha value is -2.06. The van der Waals surface area contributed by atoms with E-state index in [1.807, 2.05) is 22.9 Å². The Morgan fingerprint density at radius 2 is 1.81 bits per heavy atom. The number of benzene rings is 1. The number of amides is 1. The van der Waals surface area contributed by atoms with Gasteiger partial charge in [-0.1, -0.05) is 11.6 Å². The highest BCUT2D eigenvalue weighted by molar-refractivity contribution is 6.30. The molecule has 0 bridgehead atoms. The van der Waals surface area contributed by atoms with Crippen LogP contribution in [0.4, 0.5) is 13.2 Å². The van der Waals surface area contributed by atoms with Gasteiger partial charge in [0.2, 0.25) is 5.60 Å². The fourth-order valence-electron chi connectivity index (χ4n) is 3.21. The molecule has 0 spiro atoms. The van der Waals surface area contributed by atoms with Gasteiger partial charge >= 0.3 is 6.18 Å². The van der Waals surface area contributed by atoms with Gasteiger partial charge in [0.25, 0.3) is 5.91 Å². The first-order valence-corrected chi connectivity index (χ1v) is 8.86. The predicted molar refractivity (Wildman–Crippen MR) is 94.2 cm³/mol. The quantitative estimate of drug-likeness (QED) is 0.853. The highest BCUT2D eigenvalue weighted by Crippen LogP contribution is 2.34. The molecule has 9 heteroatoms. The van der Waals surface area contributed by atoms with Crippen molar-refractivity contribution in [2.75, 3.05) is 13.1 Å². The normalized spacial score (nSPS) is 18.4. The van der Waals surface area contributed by atoms with Crippen LogP contribution in [0.1, 0.15) is 25.8 Å². The maximum Gasteiger partial charge on any atom is 0.426 e. The lowest BCUT2D eigenvalue weighted by atomic mass is 9.99. The third kappa shape index (κ3) is 3.82. The third-order valence-corrected chi connectivity index (χ3v) is 5.14. The monoisotopic (exact) mass is 401 g/mol. The van der Waals surface area contributed by atoms with Crippen LogP contribution in [0.3, 0.4) is 0 Å². The fourth-order valence-corrected chi connectivity index (χ4v) is 3.33. The van der Waals surface area contributed by atoms with E-state index in [-0.39, 0.29) is 19.1 Å². The molecular weight excluding hydrogens is 383 g/mol. The van der Waals surface area contributed by atoms with Gasteiger partial charge in [-0.2, -0.15) is 13.2 Å². The van der Waals surface area contributed by atoms with E-state index in [1.165, 1.54) is 0 Å². The Morgan fingerprint density at radius 1 is 1.22 bits per heavy atom. The summed E-state index contributed by atoms with van der Waals surface area (Å²) in [6.07, 6.45) is -0.589. The van der Waals surface area contributed by atoms with Crippen LogP contribution in [0.5, 0.6) is 0 Å². The van der Waals surface area contributed by atoms with Crippen LogP contribution < -0.4 is 0 Å². The first-order chi connectivity index (χ1) is 12.6. The second-order valence-electron chi connectivity index (χ2n) is 6.76. The number of hydrogen-bond donors (Lipinski definition) is 1. The molecule has 5 nitrogen and oxygen atoms in total. The number of rotatable bonds is 3. The van der Waals surface area contributed by atoms with Crippen LogP contribution in [0.15, 0.2) is 36.7 Å². The fraction of sp³-hybridized carbons (Fsp3) is 0.444. The second kappa shape index (κ2) is 7.16. The maximum absolute atomic E-state index is 12.9. The highest BCUT2D eigenvalue weighted by atomic mass is 35.5. The molecule has 0 saturated carbocycles.